The van der Waals surface area contributed by atoms with Crippen LogP contribution in [0.2, 0.25) is 0 Å². The van der Waals surface area contributed by atoms with Gasteiger partial charge < -0.3 is 20.6 Å². The van der Waals surface area contributed by atoms with E-state index in [2.05, 4.69) is 21.0 Å². The topological polar surface area (TPSA) is 95.6 Å². The maximum absolute atomic E-state index is 13.9. The molecule has 3 aromatic rings. The Morgan fingerprint density at radius 1 is 1.31 bits per heavy atom. The van der Waals surface area contributed by atoms with Crippen LogP contribution in [0.25, 0.3) is 0 Å². The Balaban J connectivity index is 0.00000228. The molecule has 1 aliphatic heterocycles. The first-order chi connectivity index (χ1) is 16.2. The number of aromatic carboxylic acids is 1. The molecule has 0 bridgehead atoms. The van der Waals surface area contributed by atoms with Crippen molar-refractivity contribution in [2.45, 2.75) is 45.6 Å². The third-order valence-corrected chi connectivity index (χ3v) is 6.30. The van der Waals surface area contributed by atoms with Gasteiger partial charge in [-0.15, -0.1) is 0 Å². The van der Waals surface area contributed by atoms with Gasteiger partial charge in [0.05, 0.1) is 12.2 Å². The van der Waals surface area contributed by atoms with E-state index in [0.29, 0.717) is 24.4 Å². The normalized spacial score (nSPS) is 15.5. The number of hydrogen-bond acceptors (Lipinski definition) is 5. The van der Waals surface area contributed by atoms with Crippen molar-refractivity contribution >= 4 is 21.9 Å². The molecule has 1 unspecified atom stereocenters. The van der Waals surface area contributed by atoms with Crippen molar-refractivity contribution in [2.24, 2.45) is 0 Å². The van der Waals surface area contributed by atoms with Crippen molar-refractivity contribution < 1.29 is 59.1 Å². The van der Waals surface area contributed by atoms with Gasteiger partial charge >= 0.3 is 35.5 Å². The summed E-state index contributed by atoms with van der Waals surface area (Å²) in [6.07, 6.45) is 2.03. The van der Waals surface area contributed by atoms with Gasteiger partial charge in [-0.1, -0.05) is 0 Å². The first-order valence-corrected chi connectivity index (χ1v) is 11.4. The molecule has 0 saturated carbocycles. The largest absolute Gasteiger partial charge is 1.00 e. The van der Waals surface area contributed by atoms with Gasteiger partial charge in [0.1, 0.15) is 34.2 Å². The van der Waals surface area contributed by atoms with Crippen LogP contribution in [0.1, 0.15) is 54.4 Å². The molecule has 1 atom stereocenters. The number of benzene rings is 1. The summed E-state index contributed by atoms with van der Waals surface area (Å²) in [5, 5.41) is 14.0. The van der Waals surface area contributed by atoms with E-state index in [1.54, 1.807) is 13.0 Å². The van der Waals surface area contributed by atoms with Crippen molar-refractivity contribution in [3.05, 3.63) is 79.4 Å². The summed E-state index contributed by atoms with van der Waals surface area (Å²) in [6, 6.07) is 6.20. The zero-order valence-electron chi connectivity index (χ0n) is 20.3. The number of ether oxygens (including phenoxy) is 2. The Bertz CT molecular complexity index is 1300. The summed E-state index contributed by atoms with van der Waals surface area (Å²) >= 11 is 3.24. The predicted molar refractivity (Wildman–Crippen MR) is 122 cm³/mol. The summed E-state index contributed by atoms with van der Waals surface area (Å²) in [6.45, 7) is 2.07. The molecular weight excluding hydrogens is 539 g/mol. The minimum absolute atomic E-state index is 0. The molecule has 35 heavy (non-hydrogen) atoms. The Hall–Kier alpha value is -2.05. The van der Waals surface area contributed by atoms with E-state index in [4.69, 9.17) is 9.47 Å². The van der Waals surface area contributed by atoms with Crippen LogP contribution in [0.4, 0.5) is 8.78 Å². The zero-order valence-corrected chi connectivity index (χ0v) is 22.8. The molecule has 1 N–H and O–H groups in total. The second kappa shape index (κ2) is 11.8. The van der Waals surface area contributed by atoms with Gasteiger partial charge in [-0.25, -0.2) is 18.3 Å². The van der Waals surface area contributed by atoms with E-state index < -0.39 is 29.4 Å². The summed E-state index contributed by atoms with van der Waals surface area (Å²) in [7, 11) is 0. The first kappa shape index (κ1) is 27.5. The van der Waals surface area contributed by atoms with Crippen LogP contribution in [0.5, 0.6) is 5.75 Å². The molecule has 3 heterocycles. The Kier molecular flexibility index (Phi) is 9.28. The van der Waals surface area contributed by atoms with Gasteiger partial charge in [-0.05, 0) is 60.3 Å². The number of carboxylic acid groups (broad SMARTS) is 1. The second-order valence-electron chi connectivity index (χ2n) is 7.97. The maximum atomic E-state index is 13.9. The Labute approximate surface area is 231 Å². The van der Waals surface area contributed by atoms with Gasteiger partial charge in [-0.2, -0.15) is 5.10 Å². The molecule has 0 aliphatic carbocycles. The fourth-order valence-corrected chi connectivity index (χ4v) is 4.23. The van der Waals surface area contributed by atoms with Crippen LogP contribution in [0.15, 0.2) is 39.6 Å². The van der Waals surface area contributed by atoms with Gasteiger partial charge in [0, 0.05) is 30.0 Å². The van der Waals surface area contributed by atoms with Crippen LogP contribution in [-0.4, -0.2) is 32.0 Å². The monoisotopic (exact) mass is 561 g/mol. The van der Waals surface area contributed by atoms with Gasteiger partial charge in [0.15, 0.2) is 6.23 Å². The fourth-order valence-electron chi connectivity index (χ4n) is 3.79. The average Bonchev–Trinajstić information content (AvgIpc) is 3.24. The van der Waals surface area contributed by atoms with Crippen LogP contribution >= 0.6 is 15.9 Å². The fraction of sp³-hybridized carbons (Fsp3) is 0.348. The van der Waals surface area contributed by atoms with E-state index in [-0.39, 0.29) is 65.6 Å². The van der Waals surface area contributed by atoms with Crippen molar-refractivity contribution in [3.8, 4) is 5.75 Å². The molecule has 8 nitrogen and oxygen atoms in total. The third-order valence-electron chi connectivity index (χ3n) is 5.57. The summed E-state index contributed by atoms with van der Waals surface area (Å²) < 4.78 is 41.2. The number of nitrogens with zero attached hydrogens (tertiary/aromatic N) is 3. The van der Waals surface area contributed by atoms with E-state index in [1.165, 1.54) is 21.4 Å². The van der Waals surface area contributed by atoms with Crippen LogP contribution in [0, 0.1) is 18.6 Å². The summed E-state index contributed by atoms with van der Waals surface area (Å²) in [4.78, 5) is 24.7. The minimum Gasteiger partial charge on any atom is -1.00 e. The van der Waals surface area contributed by atoms with E-state index in [9.17, 15) is 23.5 Å². The number of hydrogen-bond donors (Lipinski definition) is 1. The minimum atomic E-state index is -1.13. The smallest absolute Gasteiger partial charge is 1.00 e. The molecule has 2 aromatic heterocycles. The number of carbonyl (C=O) groups is 1. The maximum Gasteiger partial charge on any atom is 1.00 e. The van der Waals surface area contributed by atoms with E-state index in [1.807, 2.05) is 0 Å². The van der Waals surface area contributed by atoms with Crippen molar-refractivity contribution in [3.63, 3.8) is 0 Å². The molecule has 0 radical (unpaired) electrons. The number of aromatic nitrogens is 3. The zero-order chi connectivity index (χ0) is 24.4. The molecule has 12 heteroatoms. The molecule has 182 valence electrons. The van der Waals surface area contributed by atoms with Gasteiger partial charge in [0.25, 0.3) is 5.56 Å². The van der Waals surface area contributed by atoms with Crippen LogP contribution in [-0.2, 0) is 17.9 Å². The van der Waals surface area contributed by atoms with Crippen LogP contribution in [0.3, 0.4) is 0 Å². The van der Waals surface area contributed by atoms with E-state index >= 15 is 0 Å². The van der Waals surface area contributed by atoms with Gasteiger partial charge in [-0.3, -0.25) is 4.79 Å². The SMILES string of the molecule is Cc1cc(OCc2ccc(F)cc2F)c(Br)c(=O)n1Cc1cc(C(=O)O)n(C2CCCCO2)n1.[H-].[Na+]. The first-order valence-electron chi connectivity index (χ1n) is 10.6. The molecule has 0 amide bonds. The summed E-state index contributed by atoms with van der Waals surface area (Å²) in [5.74, 6) is -2.36. The molecule has 1 aromatic carbocycles. The number of carboxylic acids is 1. The molecule has 1 fully saturated rings. The third kappa shape index (κ3) is 6.21. The van der Waals surface area contributed by atoms with Crippen molar-refractivity contribution in [1.82, 2.24) is 14.3 Å². The number of rotatable bonds is 7. The van der Waals surface area contributed by atoms with Crippen molar-refractivity contribution in [2.75, 3.05) is 6.61 Å². The Morgan fingerprint density at radius 2 is 2.09 bits per heavy atom. The summed E-state index contributed by atoms with van der Waals surface area (Å²) in [5.41, 5.74) is 0.642. The standard InChI is InChI=1S/C23H22BrF2N3O5.Na.H/c1-13-8-19(34-12-14-5-6-15(25)9-17(14)26)21(24)22(30)28(13)11-16-10-18(23(31)32)29(27-16)20-4-2-3-7-33-20;;/h5-6,8-10,20H,2-4,7,11-12H2,1H3,(H,31,32);;/q;+1;-1. The molecule has 1 aliphatic rings. The molecular formula is C23H23BrF2N3NaO5. The number of halogens is 3. The van der Waals surface area contributed by atoms with Gasteiger partial charge in [0.2, 0.25) is 0 Å². The van der Waals surface area contributed by atoms with Crippen molar-refractivity contribution in [1.29, 1.82) is 0 Å². The second-order valence-corrected chi connectivity index (χ2v) is 8.76. The molecule has 4 rings (SSSR count). The quantitative estimate of drug-likeness (QED) is 0.440. The van der Waals surface area contributed by atoms with E-state index in [0.717, 1.165) is 25.0 Å². The average molecular weight is 562 g/mol. The number of aryl methyl sites for hydroxylation is 1. The Morgan fingerprint density at radius 3 is 2.74 bits per heavy atom. The van der Waals surface area contributed by atoms with Crippen LogP contribution < -0.4 is 39.9 Å². The predicted octanol–water partition coefficient (Wildman–Crippen LogP) is 1.54. The molecule has 1 saturated heterocycles. The number of pyridine rings is 1. The molecule has 0 spiro atoms.